The van der Waals surface area contributed by atoms with Crippen LogP contribution in [0.2, 0.25) is 5.02 Å². The summed E-state index contributed by atoms with van der Waals surface area (Å²) in [6, 6.07) is 10.2. The fourth-order valence-electron chi connectivity index (χ4n) is 3.63. The Hall–Kier alpha value is -3.03. The van der Waals surface area contributed by atoms with Crippen molar-refractivity contribution in [2.24, 2.45) is 0 Å². The molecule has 0 bridgehead atoms. The van der Waals surface area contributed by atoms with Gasteiger partial charge in [-0.15, -0.1) is 0 Å². The van der Waals surface area contributed by atoms with Crippen molar-refractivity contribution in [3.63, 3.8) is 0 Å². The maximum Gasteiger partial charge on any atom is 0.254 e. The minimum atomic E-state index is -0.221. The summed E-state index contributed by atoms with van der Waals surface area (Å²) in [4.78, 5) is 16.8. The van der Waals surface area contributed by atoms with Crippen molar-refractivity contribution in [3.05, 3.63) is 63.8 Å². The summed E-state index contributed by atoms with van der Waals surface area (Å²) < 4.78 is 5.47. The lowest BCUT2D eigenvalue weighted by Gasteiger charge is -2.26. The summed E-state index contributed by atoms with van der Waals surface area (Å²) in [6.45, 7) is 1.65. The van der Waals surface area contributed by atoms with Gasteiger partial charge in [0.2, 0.25) is 0 Å². The van der Waals surface area contributed by atoms with Gasteiger partial charge in [0.1, 0.15) is 11.5 Å². The number of nitrogens with zero attached hydrogens (tertiary/aromatic N) is 3. The van der Waals surface area contributed by atoms with Crippen LogP contribution >= 0.6 is 11.6 Å². The number of halogens is 1. The average molecular weight is 428 g/mol. The van der Waals surface area contributed by atoms with Crippen LogP contribution in [-0.4, -0.2) is 51.7 Å². The van der Waals surface area contributed by atoms with Crippen molar-refractivity contribution < 1.29 is 19.5 Å². The Kier molecular flexibility index (Phi) is 5.40. The molecule has 0 atom stereocenters. The van der Waals surface area contributed by atoms with Crippen LogP contribution < -0.4 is 0 Å². The molecule has 4 rings (SSSR count). The van der Waals surface area contributed by atoms with Gasteiger partial charge in [-0.25, -0.2) is 0 Å². The van der Waals surface area contributed by atoms with E-state index in [4.69, 9.17) is 16.1 Å². The minimum absolute atomic E-state index is 0.0721. The molecule has 8 heteroatoms. The number of carbonyl (C=O) groups excluding carboxylic acids is 1. The topological polar surface area (TPSA) is 90.0 Å². The van der Waals surface area contributed by atoms with Gasteiger partial charge in [0.05, 0.1) is 22.8 Å². The van der Waals surface area contributed by atoms with Gasteiger partial charge >= 0.3 is 0 Å². The third-order valence-electron chi connectivity index (χ3n) is 5.13. The van der Waals surface area contributed by atoms with E-state index in [2.05, 4.69) is 10.1 Å². The lowest BCUT2D eigenvalue weighted by Crippen LogP contribution is -2.35. The summed E-state index contributed by atoms with van der Waals surface area (Å²) in [6.07, 6.45) is 0.551. The molecule has 1 amide bonds. The Balaban J connectivity index is 1.59. The molecule has 2 heterocycles. The molecule has 156 valence electrons. The first-order valence-electron chi connectivity index (χ1n) is 9.55. The zero-order valence-corrected chi connectivity index (χ0v) is 17.5. The lowest BCUT2D eigenvalue weighted by molar-refractivity contribution is 0.0734. The van der Waals surface area contributed by atoms with Gasteiger partial charge in [0.15, 0.2) is 5.76 Å². The monoisotopic (exact) mass is 427 g/mol. The zero-order valence-electron chi connectivity index (χ0n) is 16.7. The highest BCUT2D eigenvalue weighted by molar-refractivity contribution is 6.32. The number of aromatic hydroxyl groups is 2. The number of amides is 1. The Morgan fingerprint density at radius 1 is 1.20 bits per heavy atom. The van der Waals surface area contributed by atoms with Crippen molar-refractivity contribution in [1.29, 1.82) is 0 Å². The van der Waals surface area contributed by atoms with E-state index in [0.29, 0.717) is 36.4 Å². The maximum atomic E-state index is 13.0. The largest absolute Gasteiger partial charge is 0.507 e. The number of benzene rings is 2. The standard InChI is InChI=1S/C22H22ClN3O4/c1-25(2)11-13-3-5-14(6-4-13)22(29)26-8-7-18-16(12-26)21(30-24-18)15-9-17(23)20(28)10-19(15)27/h3-6,9-10,27-28H,7-8,11-12H2,1-2H3. The first kappa shape index (κ1) is 20.3. The van der Waals surface area contributed by atoms with Crippen LogP contribution in [0.15, 0.2) is 40.9 Å². The number of phenols is 2. The zero-order chi connectivity index (χ0) is 21.4. The molecular formula is C22H22ClN3O4. The number of rotatable bonds is 4. The molecule has 0 aliphatic carbocycles. The molecule has 7 nitrogen and oxygen atoms in total. The third-order valence-corrected chi connectivity index (χ3v) is 5.44. The van der Waals surface area contributed by atoms with E-state index in [9.17, 15) is 15.0 Å². The summed E-state index contributed by atoms with van der Waals surface area (Å²) in [5, 5.41) is 24.1. The minimum Gasteiger partial charge on any atom is -0.507 e. The molecule has 30 heavy (non-hydrogen) atoms. The fourth-order valence-corrected chi connectivity index (χ4v) is 3.79. The Labute approximate surface area is 179 Å². The van der Waals surface area contributed by atoms with Crippen LogP contribution in [0.1, 0.15) is 27.2 Å². The summed E-state index contributed by atoms with van der Waals surface area (Å²) in [7, 11) is 4.00. The van der Waals surface area contributed by atoms with Crippen LogP contribution in [0, 0.1) is 0 Å². The molecule has 1 aromatic heterocycles. The van der Waals surface area contributed by atoms with E-state index in [1.807, 2.05) is 38.4 Å². The quantitative estimate of drug-likeness (QED) is 0.660. The summed E-state index contributed by atoms with van der Waals surface area (Å²) in [5.74, 6) is -0.114. The summed E-state index contributed by atoms with van der Waals surface area (Å²) >= 11 is 6.00. The van der Waals surface area contributed by atoms with Crippen LogP contribution in [0.4, 0.5) is 0 Å². The van der Waals surface area contributed by atoms with E-state index in [1.165, 1.54) is 6.07 Å². The van der Waals surface area contributed by atoms with E-state index in [1.54, 1.807) is 4.90 Å². The van der Waals surface area contributed by atoms with Gasteiger partial charge < -0.3 is 24.5 Å². The van der Waals surface area contributed by atoms with Gasteiger partial charge in [-0.2, -0.15) is 0 Å². The lowest BCUT2D eigenvalue weighted by atomic mass is 10.00. The first-order valence-corrected chi connectivity index (χ1v) is 9.93. The van der Waals surface area contributed by atoms with Crippen molar-refractivity contribution in [2.45, 2.75) is 19.5 Å². The van der Waals surface area contributed by atoms with Crippen molar-refractivity contribution in [3.8, 4) is 22.8 Å². The second kappa shape index (κ2) is 8.01. The van der Waals surface area contributed by atoms with Gasteiger partial charge in [-0.3, -0.25) is 4.79 Å². The van der Waals surface area contributed by atoms with Gasteiger partial charge in [-0.05, 0) is 37.9 Å². The molecular weight excluding hydrogens is 406 g/mol. The molecule has 0 spiro atoms. The van der Waals surface area contributed by atoms with Gasteiger partial charge in [0.25, 0.3) is 5.91 Å². The predicted molar refractivity (Wildman–Crippen MR) is 113 cm³/mol. The smallest absolute Gasteiger partial charge is 0.254 e. The van der Waals surface area contributed by atoms with E-state index < -0.39 is 0 Å². The van der Waals surface area contributed by atoms with Crippen molar-refractivity contribution in [1.82, 2.24) is 15.0 Å². The fraction of sp³-hybridized carbons (Fsp3) is 0.273. The molecule has 1 aliphatic heterocycles. The van der Waals surface area contributed by atoms with Crippen LogP contribution in [0.5, 0.6) is 11.5 Å². The average Bonchev–Trinajstić information content (AvgIpc) is 3.13. The molecule has 0 radical (unpaired) electrons. The highest BCUT2D eigenvalue weighted by atomic mass is 35.5. The van der Waals surface area contributed by atoms with Crippen molar-refractivity contribution >= 4 is 17.5 Å². The number of hydrogen-bond donors (Lipinski definition) is 2. The number of carbonyl (C=O) groups is 1. The molecule has 1 aliphatic rings. The SMILES string of the molecule is CN(C)Cc1ccc(C(=O)N2CCc3noc(-c4cc(Cl)c(O)cc4O)c3C2)cc1. The number of fused-ring (bicyclic) bond motifs is 1. The van der Waals surface area contributed by atoms with Crippen LogP contribution in [0.25, 0.3) is 11.3 Å². The normalized spacial score (nSPS) is 13.5. The highest BCUT2D eigenvalue weighted by Gasteiger charge is 2.29. The molecule has 2 N–H and O–H groups in total. The molecule has 0 saturated carbocycles. The molecule has 0 fully saturated rings. The Morgan fingerprint density at radius 3 is 2.63 bits per heavy atom. The van der Waals surface area contributed by atoms with E-state index in [0.717, 1.165) is 29.4 Å². The van der Waals surface area contributed by atoms with E-state index in [-0.39, 0.29) is 22.4 Å². The third kappa shape index (κ3) is 3.86. The van der Waals surface area contributed by atoms with Crippen LogP contribution in [-0.2, 0) is 19.5 Å². The second-order valence-corrected chi connectivity index (χ2v) is 8.08. The second-order valence-electron chi connectivity index (χ2n) is 7.67. The van der Waals surface area contributed by atoms with Crippen LogP contribution in [0.3, 0.4) is 0 Å². The number of phenolic OH excluding ortho intramolecular Hbond substituents is 2. The maximum absolute atomic E-state index is 13.0. The molecule has 3 aromatic rings. The summed E-state index contributed by atoms with van der Waals surface area (Å²) in [5.41, 5.74) is 3.57. The van der Waals surface area contributed by atoms with E-state index >= 15 is 0 Å². The molecule has 0 saturated heterocycles. The van der Waals surface area contributed by atoms with Gasteiger partial charge in [0, 0.05) is 36.7 Å². The van der Waals surface area contributed by atoms with Gasteiger partial charge in [-0.1, -0.05) is 28.9 Å². The number of aromatic nitrogens is 1. The highest BCUT2D eigenvalue weighted by Crippen LogP contribution is 2.40. The number of hydrogen-bond acceptors (Lipinski definition) is 6. The van der Waals surface area contributed by atoms with Crippen molar-refractivity contribution in [2.75, 3.05) is 20.6 Å². The molecule has 2 aromatic carbocycles. The Morgan fingerprint density at radius 2 is 1.93 bits per heavy atom. The first-order chi connectivity index (χ1) is 14.3. The predicted octanol–water partition coefficient (Wildman–Crippen LogP) is 3.67. The Bertz CT molecular complexity index is 1090. The molecule has 0 unspecified atom stereocenters.